The highest BCUT2D eigenvalue weighted by atomic mass is 32.2. The summed E-state index contributed by atoms with van der Waals surface area (Å²) < 4.78 is 33.7. The van der Waals surface area contributed by atoms with E-state index in [4.69, 9.17) is 4.74 Å². The van der Waals surface area contributed by atoms with Gasteiger partial charge in [0.1, 0.15) is 5.75 Å². The van der Waals surface area contributed by atoms with Gasteiger partial charge in [0.2, 0.25) is 15.9 Å². The van der Waals surface area contributed by atoms with Crippen LogP contribution < -0.4 is 20.1 Å². The number of hydrogen-bond donors (Lipinski definition) is 3. The molecule has 3 N–H and O–H groups in total. The second-order valence-corrected chi connectivity index (χ2v) is 11.3. The third kappa shape index (κ3) is 7.41. The van der Waals surface area contributed by atoms with Gasteiger partial charge in [-0.3, -0.25) is 4.79 Å². The highest BCUT2D eigenvalue weighted by Gasteiger charge is 2.30. The van der Waals surface area contributed by atoms with Gasteiger partial charge in [-0.25, -0.2) is 13.1 Å². The van der Waals surface area contributed by atoms with E-state index in [0.29, 0.717) is 26.1 Å². The van der Waals surface area contributed by atoms with Crippen LogP contribution in [0.25, 0.3) is 0 Å². The normalized spacial score (nSPS) is 18.6. The maximum absolute atomic E-state index is 13.1. The van der Waals surface area contributed by atoms with Gasteiger partial charge in [0, 0.05) is 31.6 Å². The molecule has 8 heteroatoms. The summed E-state index contributed by atoms with van der Waals surface area (Å²) in [5.41, 5.74) is 3.31. The van der Waals surface area contributed by atoms with E-state index in [9.17, 15) is 13.2 Å². The molecule has 1 aliphatic heterocycles. The van der Waals surface area contributed by atoms with Crippen LogP contribution in [0.5, 0.6) is 5.75 Å². The Morgan fingerprint density at radius 1 is 1.00 bits per heavy atom. The predicted molar refractivity (Wildman–Crippen MR) is 145 cm³/mol. The first-order valence-corrected chi connectivity index (χ1v) is 14.1. The molecule has 0 bridgehead atoms. The van der Waals surface area contributed by atoms with Crippen LogP contribution in [0, 0.1) is 12.8 Å². The van der Waals surface area contributed by atoms with Gasteiger partial charge < -0.3 is 15.4 Å². The van der Waals surface area contributed by atoms with Crippen molar-refractivity contribution in [2.45, 2.75) is 36.6 Å². The average Bonchev–Trinajstić information content (AvgIpc) is 2.92. The third-order valence-electron chi connectivity index (χ3n) is 6.81. The van der Waals surface area contributed by atoms with Gasteiger partial charge in [-0.2, -0.15) is 0 Å². The van der Waals surface area contributed by atoms with Crippen LogP contribution in [0.15, 0.2) is 83.8 Å². The zero-order valence-corrected chi connectivity index (χ0v) is 22.1. The molecule has 196 valence electrons. The van der Waals surface area contributed by atoms with E-state index in [1.165, 1.54) is 0 Å². The van der Waals surface area contributed by atoms with Gasteiger partial charge >= 0.3 is 0 Å². The Morgan fingerprint density at radius 3 is 2.38 bits per heavy atom. The quantitative estimate of drug-likeness (QED) is 0.380. The van der Waals surface area contributed by atoms with Crippen molar-refractivity contribution in [2.24, 2.45) is 5.92 Å². The van der Waals surface area contributed by atoms with Crippen molar-refractivity contribution in [1.29, 1.82) is 0 Å². The van der Waals surface area contributed by atoms with Crippen molar-refractivity contribution in [1.82, 2.24) is 15.4 Å². The minimum absolute atomic E-state index is 0.0672. The van der Waals surface area contributed by atoms with E-state index in [-0.39, 0.29) is 28.7 Å². The van der Waals surface area contributed by atoms with Crippen molar-refractivity contribution in [2.75, 3.05) is 26.7 Å². The van der Waals surface area contributed by atoms with Crippen LogP contribution in [-0.4, -0.2) is 47.1 Å². The summed E-state index contributed by atoms with van der Waals surface area (Å²) in [6.45, 7) is 3.41. The van der Waals surface area contributed by atoms with E-state index in [1.54, 1.807) is 31.4 Å². The van der Waals surface area contributed by atoms with Gasteiger partial charge in [0.15, 0.2) is 0 Å². The number of ether oxygens (including phenoxy) is 1. The lowest BCUT2D eigenvalue weighted by atomic mass is 9.91. The van der Waals surface area contributed by atoms with Crippen molar-refractivity contribution in [3.05, 3.63) is 95.6 Å². The van der Waals surface area contributed by atoms with Crippen molar-refractivity contribution in [3.8, 4) is 5.75 Å². The van der Waals surface area contributed by atoms with Gasteiger partial charge in [0.05, 0.1) is 17.9 Å². The fourth-order valence-electron chi connectivity index (χ4n) is 4.68. The largest absolute Gasteiger partial charge is 0.497 e. The molecule has 1 saturated heterocycles. The molecule has 1 fully saturated rings. The molecule has 1 unspecified atom stereocenters. The number of nitrogens with one attached hydrogen (secondary N) is 3. The Bertz CT molecular complexity index is 1260. The van der Waals surface area contributed by atoms with Gasteiger partial charge in [0.25, 0.3) is 0 Å². The Balaban J connectivity index is 1.37. The van der Waals surface area contributed by atoms with Crippen LogP contribution >= 0.6 is 0 Å². The Kier molecular flexibility index (Phi) is 8.97. The number of amides is 1. The molecule has 3 atom stereocenters. The summed E-state index contributed by atoms with van der Waals surface area (Å²) >= 11 is 0. The van der Waals surface area contributed by atoms with Crippen molar-refractivity contribution < 1.29 is 17.9 Å². The topological polar surface area (TPSA) is 96.5 Å². The SMILES string of the molecule is COc1ccc(CC(CNC(=O)[C@@H]2CNC[C@@H](NS(=O)(=O)c3ccc(C)cc3)C2)c2ccccc2)cc1. The van der Waals surface area contributed by atoms with E-state index in [1.807, 2.05) is 49.4 Å². The molecule has 1 heterocycles. The molecule has 1 aliphatic rings. The number of hydrogen-bond acceptors (Lipinski definition) is 5. The lowest BCUT2D eigenvalue weighted by Crippen LogP contribution is -2.52. The first-order chi connectivity index (χ1) is 17.8. The van der Waals surface area contributed by atoms with Crippen LogP contribution in [0.2, 0.25) is 0 Å². The minimum Gasteiger partial charge on any atom is -0.497 e. The van der Waals surface area contributed by atoms with E-state index in [0.717, 1.165) is 28.9 Å². The predicted octanol–water partition coefficient (Wildman–Crippen LogP) is 3.40. The number of benzene rings is 3. The maximum Gasteiger partial charge on any atom is 0.240 e. The molecule has 3 aromatic carbocycles. The minimum atomic E-state index is -3.66. The lowest BCUT2D eigenvalue weighted by molar-refractivity contribution is -0.125. The average molecular weight is 522 g/mol. The molecule has 0 spiro atoms. The van der Waals surface area contributed by atoms with E-state index < -0.39 is 10.0 Å². The first-order valence-electron chi connectivity index (χ1n) is 12.6. The summed E-state index contributed by atoms with van der Waals surface area (Å²) in [5, 5.41) is 6.35. The molecule has 1 amide bonds. The van der Waals surface area contributed by atoms with Crippen LogP contribution in [0.3, 0.4) is 0 Å². The summed E-state index contributed by atoms with van der Waals surface area (Å²) in [5.74, 6) is 0.524. The van der Waals surface area contributed by atoms with E-state index in [2.05, 4.69) is 27.5 Å². The molecule has 7 nitrogen and oxygen atoms in total. The number of piperidine rings is 1. The molecular weight excluding hydrogens is 486 g/mol. The first kappa shape index (κ1) is 26.9. The van der Waals surface area contributed by atoms with Crippen LogP contribution in [0.1, 0.15) is 29.0 Å². The van der Waals surface area contributed by atoms with Crippen LogP contribution in [0.4, 0.5) is 0 Å². The lowest BCUT2D eigenvalue weighted by Gasteiger charge is -2.30. The number of carbonyl (C=O) groups excluding carboxylic acids is 1. The molecule has 37 heavy (non-hydrogen) atoms. The Hall–Kier alpha value is -3.20. The Labute approximate surface area is 219 Å². The number of aryl methyl sites for hydroxylation is 1. The Morgan fingerprint density at radius 2 is 1.70 bits per heavy atom. The molecule has 3 aromatic rings. The van der Waals surface area contributed by atoms with Crippen molar-refractivity contribution in [3.63, 3.8) is 0 Å². The molecule has 0 radical (unpaired) electrons. The fourth-order valence-corrected chi connectivity index (χ4v) is 5.93. The number of rotatable bonds is 10. The standard InChI is InChI=1S/C29H35N3O4S/c1-21-8-14-28(15-9-21)37(34,35)32-26-17-25(18-30-20-26)29(33)31-19-24(23-6-4-3-5-7-23)16-22-10-12-27(36-2)13-11-22/h3-15,24-26,30,32H,16-20H2,1-2H3,(H,31,33)/t24?,25-,26-/m0/s1. The third-order valence-corrected chi connectivity index (χ3v) is 8.35. The molecular formula is C29H35N3O4S. The summed E-state index contributed by atoms with van der Waals surface area (Å²) in [6.07, 6.45) is 1.22. The number of methoxy groups -OCH3 is 1. The second-order valence-electron chi connectivity index (χ2n) is 9.63. The highest BCUT2D eigenvalue weighted by Crippen LogP contribution is 2.23. The number of sulfonamides is 1. The molecule has 4 rings (SSSR count). The zero-order valence-electron chi connectivity index (χ0n) is 21.3. The summed E-state index contributed by atoms with van der Waals surface area (Å²) in [7, 11) is -2.01. The number of carbonyl (C=O) groups is 1. The fraction of sp³-hybridized carbons (Fsp3) is 0.345. The summed E-state index contributed by atoms with van der Waals surface area (Å²) in [6, 6.07) is 24.5. The molecule has 0 aliphatic carbocycles. The smallest absolute Gasteiger partial charge is 0.240 e. The summed E-state index contributed by atoms with van der Waals surface area (Å²) in [4.78, 5) is 13.4. The zero-order chi connectivity index (χ0) is 26.3. The molecule has 0 saturated carbocycles. The van der Waals surface area contributed by atoms with E-state index >= 15 is 0 Å². The van der Waals surface area contributed by atoms with Crippen molar-refractivity contribution >= 4 is 15.9 Å². The highest BCUT2D eigenvalue weighted by molar-refractivity contribution is 7.89. The maximum atomic E-state index is 13.1. The van der Waals surface area contributed by atoms with Gasteiger partial charge in [-0.1, -0.05) is 60.2 Å². The second kappa shape index (κ2) is 12.4. The van der Waals surface area contributed by atoms with Gasteiger partial charge in [-0.05, 0) is 55.2 Å². The monoisotopic (exact) mass is 521 g/mol. The van der Waals surface area contributed by atoms with Crippen LogP contribution in [-0.2, 0) is 21.2 Å². The molecule has 0 aromatic heterocycles. The van der Waals surface area contributed by atoms with Gasteiger partial charge in [-0.15, -0.1) is 0 Å².